The largest absolute Gasteiger partial charge is 0.409 e. The summed E-state index contributed by atoms with van der Waals surface area (Å²) >= 11 is 0. The second-order valence-electron chi connectivity index (χ2n) is 5.87. The topological polar surface area (TPSA) is 87.7 Å². The molecular weight excluding hydrogens is 266 g/mol. The van der Waals surface area contributed by atoms with Gasteiger partial charge in [0.2, 0.25) is 5.91 Å². The summed E-state index contributed by atoms with van der Waals surface area (Å²) < 4.78 is 0. The molecule has 21 heavy (non-hydrogen) atoms. The van der Waals surface area contributed by atoms with Crippen molar-refractivity contribution in [2.45, 2.75) is 45.1 Å². The van der Waals surface area contributed by atoms with E-state index >= 15 is 0 Å². The Kier molecular flexibility index (Phi) is 4.50. The van der Waals surface area contributed by atoms with Gasteiger partial charge in [-0.05, 0) is 43.7 Å². The molecule has 0 heterocycles. The predicted octanol–water partition coefficient (Wildman–Crippen LogP) is 1.82. The van der Waals surface area contributed by atoms with Crippen LogP contribution in [0.2, 0.25) is 0 Å². The number of oxime groups is 1. The van der Waals surface area contributed by atoms with Crippen LogP contribution in [0, 0.1) is 5.92 Å². The molecule has 2 unspecified atom stereocenters. The van der Waals surface area contributed by atoms with Gasteiger partial charge >= 0.3 is 0 Å². The van der Waals surface area contributed by atoms with Crippen LogP contribution in [0.25, 0.3) is 0 Å². The zero-order valence-corrected chi connectivity index (χ0v) is 12.6. The zero-order chi connectivity index (χ0) is 15.5. The van der Waals surface area contributed by atoms with Gasteiger partial charge in [0.05, 0.1) is 5.54 Å². The Labute approximate surface area is 125 Å². The molecule has 0 saturated carbocycles. The Balaban J connectivity index is 2.08. The zero-order valence-electron chi connectivity index (χ0n) is 12.6. The Hall–Kier alpha value is -2.04. The summed E-state index contributed by atoms with van der Waals surface area (Å²) in [5.74, 6) is -0.0488. The molecule has 1 aliphatic carbocycles. The normalized spacial score (nSPS) is 21.2. The Morgan fingerprint density at radius 1 is 1.48 bits per heavy atom. The smallest absolute Gasteiger partial charge is 0.224 e. The standard InChI is InChI=1S/C16H23N3O2/c1-3-16(2,15(17)19-21)18-14(20)13-9-8-11-6-4-5-7-12(11)10-13/h4-7,13,21H,3,8-10H2,1-2H3,(H2,17,19)(H,18,20). The van der Waals surface area contributed by atoms with Crippen molar-refractivity contribution >= 4 is 11.7 Å². The lowest BCUT2D eigenvalue weighted by atomic mass is 9.83. The molecular formula is C16H23N3O2. The monoisotopic (exact) mass is 289 g/mol. The Morgan fingerprint density at radius 2 is 2.14 bits per heavy atom. The van der Waals surface area contributed by atoms with E-state index in [1.807, 2.05) is 19.1 Å². The average molecular weight is 289 g/mol. The van der Waals surface area contributed by atoms with Crippen LogP contribution in [-0.4, -0.2) is 22.5 Å². The molecule has 2 rings (SSSR count). The number of aryl methyl sites for hydroxylation is 1. The minimum atomic E-state index is -0.803. The second-order valence-corrected chi connectivity index (χ2v) is 5.87. The van der Waals surface area contributed by atoms with E-state index in [4.69, 9.17) is 10.9 Å². The average Bonchev–Trinajstić information content (AvgIpc) is 2.53. The number of amides is 1. The van der Waals surface area contributed by atoms with Crippen molar-refractivity contribution in [3.63, 3.8) is 0 Å². The number of fused-ring (bicyclic) bond motifs is 1. The fourth-order valence-corrected chi connectivity index (χ4v) is 2.74. The van der Waals surface area contributed by atoms with Gasteiger partial charge in [0.25, 0.3) is 0 Å². The SMILES string of the molecule is CCC(C)(NC(=O)C1CCc2ccccc2C1)/C(N)=N/O. The summed E-state index contributed by atoms with van der Waals surface area (Å²) in [6.45, 7) is 3.67. The predicted molar refractivity (Wildman–Crippen MR) is 82.2 cm³/mol. The number of carbonyl (C=O) groups is 1. The lowest BCUT2D eigenvalue weighted by molar-refractivity contribution is -0.126. The quantitative estimate of drug-likeness (QED) is 0.342. The number of amidine groups is 1. The molecule has 0 fully saturated rings. The molecule has 1 aliphatic rings. The first-order valence-corrected chi connectivity index (χ1v) is 7.37. The molecule has 0 aromatic heterocycles. The first-order chi connectivity index (χ1) is 10.00. The van der Waals surface area contributed by atoms with Gasteiger partial charge in [-0.15, -0.1) is 0 Å². The van der Waals surface area contributed by atoms with Crippen molar-refractivity contribution in [2.75, 3.05) is 0 Å². The van der Waals surface area contributed by atoms with E-state index in [9.17, 15) is 4.79 Å². The maximum atomic E-state index is 12.5. The van der Waals surface area contributed by atoms with E-state index < -0.39 is 5.54 Å². The number of carbonyl (C=O) groups excluding carboxylic acids is 1. The molecule has 5 heteroatoms. The van der Waals surface area contributed by atoms with Gasteiger partial charge in [0.1, 0.15) is 0 Å². The maximum Gasteiger partial charge on any atom is 0.224 e. The second kappa shape index (κ2) is 6.16. The fraction of sp³-hybridized carbons (Fsp3) is 0.500. The molecule has 5 nitrogen and oxygen atoms in total. The van der Waals surface area contributed by atoms with E-state index in [2.05, 4.69) is 22.6 Å². The third-order valence-electron chi connectivity index (χ3n) is 4.50. The molecule has 2 atom stereocenters. The van der Waals surface area contributed by atoms with Crippen LogP contribution in [-0.2, 0) is 17.6 Å². The van der Waals surface area contributed by atoms with Crippen molar-refractivity contribution < 1.29 is 10.0 Å². The van der Waals surface area contributed by atoms with Crippen LogP contribution in [0.4, 0.5) is 0 Å². The van der Waals surface area contributed by atoms with Crippen LogP contribution in [0.15, 0.2) is 29.4 Å². The summed E-state index contributed by atoms with van der Waals surface area (Å²) in [4.78, 5) is 12.5. The van der Waals surface area contributed by atoms with Crippen molar-refractivity contribution in [1.29, 1.82) is 0 Å². The van der Waals surface area contributed by atoms with Gasteiger partial charge in [0.15, 0.2) is 5.84 Å². The van der Waals surface area contributed by atoms with Crippen LogP contribution >= 0.6 is 0 Å². The van der Waals surface area contributed by atoms with Crippen molar-refractivity contribution in [1.82, 2.24) is 5.32 Å². The van der Waals surface area contributed by atoms with Crippen LogP contribution < -0.4 is 11.1 Å². The van der Waals surface area contributed by atoms with Crippen LogP contribution in [0.1, 0.15) is 37.8 Å². The minimum Gasteiger partial charge on any atom is -0.409 e. The summed E-state index contributed by atoms with van der Waals surface area (Å²) in [6.07, 6.45) is 3.06. The summed E-state index contributed by atoms with van der Waals surface area (Å²) in [5, 5.41) is 14.9. The first-order valence-electron chi connectivity index (χ1n) is 7.37. The molecule has 1 amide bonds. The fourth-order valence-electron chi connectivity index (χ4n) is 2.74. The highest BCUT2D eigenvalue weighted by atomic mass is 16.4. The lowest BCUT2D eigenvalue weighted by Crippen LogP contribution is -2.56. The molecule has 0 radical (unpaired) electrons. The number of hydrogen-bond donors (Lipinski definition) is 3. The van der Waals surface area contributed by atoms with Crippen molar-refractivity contribution in [2.24, 2.45) is 16.8 Å². The van der Waals surface area contributed by atoms with Gasteiger partial charge in [-0.2, -0.15) is 0 Å². The molecule has 4 N–H and O–H groups in total. The number of benzene rings is 1. The van der Waals surface area contributed by atoms with E-state index in [1.165, 1.54) is 11.1 Å². The van der Waals surface area contributed by atoms with Crippen LogP contribution in [0.3, 0.4) is 0 Å². The number of rotatable bonds is 4. The highest BCUT2D eigenvalue weighted by Gasteiger charge is 2.33. The Bertz CT molecular complexity index is 556. The lowest BCUT2D eigenvalue weighted by Gasteiger charge is -2.31. The van der Waals surface area contributed by atoms with E-state index in [0.717, 1.165) is 19.3 Å². The number of nitrogens with one attached hydrogen (secondary N) is 1. The van der Waals surface area contributed by atoms with Crippen molar-refractivity contribution in [3.8, 4) is 0 Å². The minimum absolute atomic E-state index is 0.0274. The highest BCUT2D eigenvalue weighted by molar-refractivity contribution is 5.94. The molecule has 114 valence electrons. The number of hydrogen-bond acceptors (Lipinski definition) is 3. The molecule has 0 bridgehead atoms. The van der Waals surface area contributed by atoms with E-state index in [1.54, 1.807) is 6.92 Å². The Morgan fingerprint density at radius 3 is 2.76 bits per heavy atom. The third-order valence-corrected chi connectivity index (χ3v) is 4.50. The number of nitrogens with two attached hydrogens (primary N) is 1. The van der Waals surface area contributed by atoms with Gasteiger partial charge < -0.3 is 16.3 Å². The molecule has 0 aliphatic heterocycles. The molecule has 1 aromatic carbocycles. The first kappa shape index (κ1) is 15.4. The molecule has 0 spiro atoms. The number of nitrogens with zero attached hydrogens (tertiary/aromatic N) is 1. The van der Waals surface area contributed by atoms with Crippen molar-refractivity contribution in [3.05, 3.63) is 35.4 Å². The maximum absolute atomic E-state index is 12.5. The molecule has 0 saturated heterocycles. The van der Waals surface area contributed by atoms with Gasteiger partial charge in [-0.1, -0.05) is 36.3 Å². The van der Waals surface area contributed by atoms with Gasteiger partial charge in [-0.3, -0.25) is 4.79 Å². The third kappa shape index (κ3) is 3.17. The summed E-state index contributed by atoms with van der Waals surface area (Å²) in [6, 6.07) is 8.24. The van der Waals surface area contributed by atoms with E-state index in [-0.39, 0.29) is 17.7 Å². The van der Waals surface area contributed by atoms with E-state index in [0.29, 0.717) is 6.42 Å². The summed E-state index contributed by atoms with van der Waals surface area (Å²) in [7, 11) is 0. The van der Waals surface area contributed by atoms with Gasteiger partial charge in [-0.25, -0.2) is 0 Å². The van der Waals surface area contributed by atoms with Crippen LogP contribution in [0.5, 0.6) is 0 Å². The summed E-state index contributed by atoms with van der Waals surface area (Å²) in [5.41, 5.74) is 7.47. The van der Waals surface area contributed by atoms with Gasteiger partial charge in [0, 0.05) is 5.92 Å². The molecule has 1 aromatic rings. The highest BCUT2D eigenvalue weighted by Crippen LogP contribution is 2.26.